The number of nitrogens with zero attached hydrogens (tertiary/aromatic N) is 1. The summed E-state index contributed by atoms with van der Waals surface area (Å²) in [5, 5.41) is 0. The van der Waals surface area contributed by atoms with Crippen molar-refractivity contribution in [2.75, 3.05) is 34.5 Å². The zero-order valence-corrected chi connectivity index (χ0v) is 12.4. The second kappa shape index (κ2) is 6.84. The Morgan fingerprint density at radius 3 is 2.67 bits per heavy atom. The quantitative estimate of drug-likeness (QED) is 0.837. The molecular weight excluding hydrogens is 276 g/mol. The molecule has 3 atom stereocenters. The Hall–Kier alpha value is -1.70. The lowest BCUT2D eigenvalue weighted by Gasteiger charge is -2.40. The lowest BCUT2D eigenvalue weighted by atomic mass is 10.0. The van der Waals surface area contributed by atoms with Gasteiger partial charge in [-0.05, 0) is 6.07 Å². The lowest BCUT2D eigenvalue weighted by molar-refractivity contribution is -0.147. The van der Waals surface area contributed by atoms with Gasteiger partial charge in [0.15, 0.2) is 0 Å². The van der Waals surface area contributed by atoms with Gasteiger partial charge >= 0.3 is 0 Å². The van der Waals surface area contributed by atoms with Crippen molar-refractivity contribution in [3.05, 3.63) is 34.2 Å². The van der Waals surface area contributed by atoms with Gasteiger partial charge in [0.2, 0.25) is 5.56 Å². The molecule has 1 aromatic heterocycles. The molecule has 0 unspecified atom stereocenters. The molecule has 1 aromatic rings. The highest BCUT2D eigenvalue weighted by Gasteiger charge is 2.38. The molecule has 1 N–H and O–H groups in total. The number of carbonyl (C=O) groups is 1. The molecular formula is C14H20N2O5. The van der Waals surface area contributed by atoms with Crippen molar-refractivity contribution < 1.29 is 19.0 Å². The predicted molar refractivity (Wildman–Crippen MR) is 75.4 cm³/mol. The third-order valence-electron chi connectivity index (χ3n) is 3.74. The van der Waals surface area contributed by atoms with Gasteiger partial charge < -0.3 is 24.1 Å². The Labute approximate surface area is 122 Å². The SMILES string of the molecule is CO[C@H]1[C@H](N(C)C(=O)c2ccc(=O)[nH]c2)COC[C@H]1OC. The number of hydrogen-bond donors (Lipinski definition) is 1. The fourth-order valence-corrected chi connectivity index (χ4v) is 2.48. The maximum absolute atomic E-state index is 12.5. The monoisotopic (exact) mass is 296 g/mol. The Bertz CT molecular complexity index is 524. The zero-order valence-electron chi connectivity index (χ0n) is 12.4. The number of aromatic nitrogens is 1. The molecule has 1 fully saturated rings. The number of carbonyl (C=O) groups excluding carboxylic acids is 1. The molecule has 0 aromatic carbocycles. The molecule has 1 aliphatic heterocycles. The van der Waals surface area contributed by atoms with Gasteiger partial charge in [-0.3, -0.25) is 9.59 Å². The van der Waals surface area contributed by atoms with Gasteiger partial charge in [0, 0.05) is 33.5 Å². The molecule has 0 radical (unpaired) electrons. The van der Waals surface area contributed by atoms with Gasteiger partial charge in [0.05, 0.1) is 24.8 Å². The molecule has 1 saturated heterocycles. The average Bonchev–Trinajstić information content (AvgIpc) is 2.53. The molecule has 0 bridgehead atoms. The maximum Gasteiger partial charge on any atom is 0.255 e. The van der Waals surface area contributed by atoms with Crippen LogP contribution >= 0.6 is 0 Å². The van der Waals surface area contributed by atoms with Crippen LogP contribution in [0.5, 0.6) is 0 Å². The van der Waals surface area contributed by atoms with Crippen LogP contribution in [0, 0.1) is 0 Å². The van der Waals surface area contributed by atoms with Crippen LogP contribution in [0.1, 0.15) is 10.4 Å². The summed E-state index contributed by atoms with van der Waals surface area (Å²) in [5.74, 6) is -0.210. The summed E-state index contributed by atoms with van der Waals surface area (Å²) < 4.78 is 16.3. The van der Waals surface area contributed by atoms with E-state index in [1.807, 2.05) is 0 Å². The van der Waals surface area contributed by atoms with Crippen LogP contribution in [-0.2, 0) is 14.2 Å². The van der Waals surface area contributed by atoms with Gasteiger partial charge in [-0.25, -0.2) is 0 Å². The normalized spacial score (nSPS) is 25.6. The Kier molecular flexibility index (Phi) is 5.11. The molecule has 7 nitrogen and oxygen atoms in total. The summed E-state index contributed by atoms with van der Waals surface area (Å²) in [5.41, 5.74) is 0.163. The number of pyridine rings is 1. The molecule has 0 saturated carbocycles. The second-order valence-corrected chi connectivity index (χ2v) is 4.94. The Balaban J connectivity index is 2.17. The van der Waals surface area contributed by atoms with Gasteiger partial charge in [-0.2, -0.15) is 0 Å². The molecule has 2 heterocycles. The van der Waals surface area contributed by atoms with Gasteiger partial charge in [0.1, 0.15) is 12.2 Å². The van der Waals surface area contributed by atoms with E-state index in [4.69, 9.17) is 14.2 Å². The highest BCUT2D eigenvalue weighted by molar-refractivity contribution is 5.93. The topological polar surface area (TPSA) is 80.9 Å². The third kappa shape index (κ3) is 3.31. The van der Waals surface area contributed by atoms with Gasteiger partial charge in [-0.1, -0.05) is 0 Å². The molecule has 0 aliphatic carbocycles. The van der Waals surface area contributed by atoms with E-state index in [-0.39, 0.29) is 29.7 Å². The first-order valence-corrected chi connectivity index (χ1v) is 6.67. The molecule has 21 heavy (non-hydrogen) atoms. The predicted octanol–water partition coefficient (Wildman–Crippen LogP) is -0.124. The number of amides is 1. The Morgan fingerprint density at radius 2 is 2.10 bits per heavy atom. The molecule has 116 valence electrons. The van der Waals surface area contributed by atoms with Crippen LogP contribution in [0.2, 0.25) is 0 Å². The van der Waals surface area contributed by atoms with Crippen molar-refractivity contribution in [3.63, 3.8) is 0 Å². The third-order valence-corrected chi connectivity index (χ3v) is 3.74. The summed E-state index contributed by atoms with van der Waals surface area (Å²) in [7, 11) is 4.87. The first-order valence-electron chi connectivity index (χ1n) is 6.67. The summed E-state index contributed by atoms with van der Waals surface area (Å²) in [6.07, 6.45) is 0.917. The van der Waals surface area contributed by atoms with E-state index in [0.29, 0.717) is 18.8 Å². The number of H-pyrrole nitrogens is 1. The maximum atomic E-state index is 12.5. The van der Waals surface area contributed by atoms with E-state index < -0.39 is 0 Å². The number of ether oxygens (including phenoxy) is 3. The second-order valence-electron chi connectivity index (χ2n) is 4.94. The highest BCUT2D eigenvalue weighted by atomic mass is 16.6. The Morgan fingerprint density at radius 1 is 1.33 bits per heavy atom. The minimum Gasteiger partial charge on any atom is -0.376 e. The fraction of sp³-hybridized carbons (Fsp3) is 0.571. The summed E-state index contributed by atoms with van der Waals surface area (Å²) in [6, 6.07) is 2.56. The number of methoxy groups -OCH3 is 2. The summed E-state index contributed by atoms with van der Waals surface area (Å²) in [6.45, 7) is 0.816. The first-order chi connectivity index (χ1) is 10.1. The van der Waals surface area contributed by atoms with Crippen LogP contribution in [0.4, 0.5) is 0 Å². The van der Waals surface area contributed by atoms with Crippen LogP contribution in [0.25, 0.3) is 0 Å². The number of hydrogen-bond acceptors (Lipinski definition) is 5. The van der Waals surface area contributed by atoms with Crippen LogP contribution < -0.4 is 5.56 Å². The van der Waals surface area contributed by atoms with Crippen molar-refractivity contribution in [2.24, 2.45) is 0 Å². The standard InChI is InChI=1S/C14H20N2O5/c1-16(14(18)9-4-5-12(17)15-6-9)10-7-21-8-11(19-2)13(10)20-3/h4-6,10-11,13H,7-8H2,1-3H3,(H,15,17)/t10-,11-,13+/m1/s1. The fourth-order valence-electron chi connectivity index (χ4n) is 2.48. The molecule has 1 amide bonds. The van der Waals surface area contributed by atoms with Crippen molar-refractivity contribution >= 4 is 5.91 Å². The number of nitrogens with one attached hydrogen (secondary N) is 1. The lowest BCUT2D eigenvalue weighted by Crippen LogP contribution is -2.57. The van der Waals surface area contributed by atoms with Crippen LogP contribution in [-0.4, -0.2) is 68.5 Å². The summed E-state index contributed by atoms with van der Waals surface area (Å²) in [4.78, 5) is 27.6. The van der Waals surface area contributed by atoms with Crippen LogP contribution in [0.15, 0.2) is 23.1 Å². The van der Waals surface area contributed by atoms with Crippen LogP contribution in [0.3, 0.4) is 0 Å². The van der Waals surface area contributed by atoms with Crippen molar-refractivity contribution in [1.29, 1.82) is 0 Å². The van der Waals surface area contributed by atoms with E-state index in [2.05, 4.69) is 4.98 Å². The molecule has 1 aliphatic rings. The van der Waals surface area contributed by atoms with E-state index >= 15 is 0 Å². The van der Waals surface area contributed by atoms with E-state index in [1.165, 1.54) is 18.3 Å². The minimum atomic E-state index is -0.263. The molecule has 0 spiro atoms. The minimum absolute atomic E-state index is 0.210. The number of rotatable bonds is 4. The zero-order chi connectivity index (χ0) is 15.4. The first kappa shape index (κ1) is 15.7. The van der Waals surface area contributed by atoms with Crippen molar-refractivity contribution in [1.82, 2.24) is 9.88 Å². The number of aromatic amines is 1. The van der Waals surface area contributed by atoms with E-state index in [9.17, 15) is 9.59 Å². The van der Waals surface area contributed by atoms with E-state index in [1.54, 1.807) is 26.2 Å². The highest BCUT2D eigenvalue weighted by Crippen LogP contribution is 2.20. The summed E-state index contributed by atoms with van der Waals surface area (Å²) >= 11 is 0. The molecule has 7 heteroatoms. The molecule has 2 rings (SSSR count). The van der Waals surface area contributed by atoms with Crippen molar-refractivity contribution in [3.8, 4) is 0 Å². The van der Waals surface area contributed by atoms with Gasteiger partial charge in [-0.15, -0.1) is 0 Å². The smallest absolute Gasteiger partial charge is 0.255 e. The average molecular weight is 296 g/mol. The number of likely N-dealkylation sites (N-methyl/N-ethyl adjacent to an activating group) is 1. The van der Waals surface area contributed by atoms with Gasteiger partial charge in [0.25, 0.3) is 5.91 Å². The van der Waals surface area contributed by atoms with E-state index in [0.717, 1.165) is 0 Å². The largest absolute Gasteiger partial charge is 0.376 e. The van der Waals surface area contributed by atoms with Crippen molar-refractivity contribution in [2.45, 2.75) is 18.2 Å².